The molecule has 0 atom stereocenters. The number of carbonyl (C=O) groups excluding carboxylic acids is 2. The Morgan fingerprint density at radius 1 is 1.16 bits per heavy atom. The lowest BCUT2D eigenvalue weighted by atomic mass is 10.1. The number of furan rings is 1. The molecule has 0 saturated heterocycles. The van der Waals surface area contributed by atoms with Gasteiger partial charge in [-0.05, 0) is 6.07 Å². The van der Waals surface area contributed by atoms with Crippen molar-refractivity contribution in [2.45, 2.75) is 0 Å². The van der Waals surface area contributed by atoms with Gasteiger partial charge in [-0.25, -0.2) is 8.42 Å². The van der Waals surface area contributed by atoms with Crippen molar-refractivity contribution in [2.24, 2.45) is 5.73 Å². The van der Waals surface area contributed by atoms with Crippen LogP contribution in [0.1, 0.15) is 10.4 Å². The molecular formula is C12H11NO5S. The number of primary amides is 1. The van der Waals surface area contributed by atoms with Crippen molar-refractivity contribution >= 4 is 32.5 Å². The molecule has 1 amide bonds. The van der Waals surface area contributed by atoms with Gasteiger partial charge >= 0.3 is 0 Å². The summed E-state index contributed by atoms with van der Waals surface area (Å²) in [5, 5.41) is 0.543. The predicted molar refractivity (Wildman–Crippen MR) is 68.4 cm³/mol. The third-order valence-corrected chi connectivity index (χ3v) is 3.92. The van der Waals surface area contributed by atoms with Crippen LogP contribution in [0, 0.1) is 0 Å². The third-order valence-electron chi connectivity index (χ3n) is 2.49. The number of hydrogen-bond acceptors (Lipinski definition) is 5. The monoisotopic (exact) mass is 281 g/mol. The van der Waals surface area contributed by atoms with Gasteiger partial charge in [-0.15, -0.1) is 0 Å². The molecule has 7 heteroatoms. The molecule has 0 radical (unpaired) electrons. The van der Waals surface area contributed by atoms with E-state index >= 15 is 0 Å². The molecule has 1 aromatic carbocycles. The van der Waals surface area contributed by atoms with Crippen molar-refractivity contribution < 1.29 is 22.4 Å². The van der Waals surface area contributed by atoms with Crippen LogP contribution in [0.4, 0.5) is 0 Å². The number of amides is 1. The molecular weight excluding hydrogens is 270 g/mol. The third kappa shape index (κ3) is 3.00. The Kier molecular flexibility index (Phi) is 3.39. The summed E-state index contributed by atoms with van der Waals surface area (Å²) in [6, 6.07) is 6.78. The van der Waals surface area contributed by atoms with E-state index in [1.54, 1.807) is 24.3 Å². The molecule has 2 N–H and O–H groups in total. The molecule has 0 unspecified atom stereocenters. The van der Waals surface area contributed by atoms with Crippen LogP contribution < -0.4 is 5.73 Å². The van der Waals surface area contributed by atoms with Gasteiger partial charge in [0.15, 0.2) is 15.6 Å². The molecule has 0 aliphatic carbocycles. The van der Waals surface area contributed by atoms with Crippen LogP contribution in [0.2, 0.25) is 0 Å². The van der Waals surface area contributed by atoms with Gasteiger partial charge in [0.1, 0.15) is 23.4 Å². The summed E-state index contributed by atoms with van der Waals surface area (Å²) in [5.41, 5.74) is 5.50. The number of benzene rings is 1. The standard InChI is InChI=1S/C12H11NO5S/c13-12(15)7-19(16,17)6-10(14)9-5-18-11-4-2-1-3-8(9)11/h1-5H,6-7H2,(H2,13,15). The maximum Gasteiger partial charge on any atom is 0.232 e. The molecule has 6 nitrogen and oxygen atoms in total. The molecule has 0 aliphatic rings. The fourth-order valence-corrected chi connectivity index (χ4v) is 2.83. The SMILES string of the molecule is NC(=O)CS(=O)(=O)CC(=O)c1coc2ccccc12. The summed E-state index contributed by atoms with van der Waals surface area (Å²) in [7, 11) is -3.84. The molecule has 0 aliphatic heterocycles. The first kappa shape index (κ1) is 13.3. The summed E-state index contributed by atoms with van der Waals surface area (Å²) in [6.45, 7) is 0. The normalized spacial score (nSPS) is 11.6. The van der Waals surface area contributed by atoms with Crippen molar-refractivity contribution in [3.63, 3.8) is 0 Å². The average molecular weight is 281 g/mol. The number of sulfone groups is 1. The summed E-state index contributed by atoms with van der Waals surface area (Å²) in [6.07, 6.45) is 1.22. The lowest BCUT2D eigenvalue weighted by molar-refractivity contribution is -0.115. The summed E-state index contributed by atoms with van der Waals surface area (Å²) in [4.78, 5) is 22.5. The molecule has 0 saturated carbocycles. The molecule has 1 aromatic heterocycles. The van der Waals surface area contributed by atoms with Crippen LogP contribution in [-0.2, 0) is 14.6 Å². The van der Waals surface area contributed by atoms with E-state index < -0.39 is 33.0 Å². The van der Waals surface area contributed by atoms with Gasteiger partial charge < -0.3 is 10.2 Å². The summed E-state index contributed by atoms with van der Waals surface area (Å²) in [5.74, 6) is -3.20. The van der Waals surface area contributed by atoms with E-state index in [4.69, 9.17) is 10.2 Å². The summed E-state index contributed by atoms with van der Waals surface area (Å²) < 4.78 is 28.2. The van der Waals surface area contributed by atoms with Gasteiger partial charge in [-0.3, -0.25) is 9.59 Å². The number of nitrogens with two attached hydrogens (primary N) is 1. The van der Waals surface area contributed by atoms with Gasteiger partial charge in [-0.1, -0.05) is 18.2 Å². The number of carbonyl (C=O) groups is 2. The van der Waals surface area contributed by atoms with Gasteiger partial charge in [0.2, 0.25) is 5.91 Å². The first-order valence-electron chi connectivity index (χ1n) is 5.37. The second-order valence-corrected chi connectivity index (χ2v) is 6.13. The van der Waals surface area contributed by atoms with Crippen LogP contribution in [0.5, 0.6) is 0 Å². The molecule has 0 bridgehead atoms. The van der Waals surface area contributed by atoms with Gasteiger partial charge in [0, 0.05) is 5.39 Å². The number of para-hydroxylation sites is 1. The fraction of sp³-hybridized carbons (Fsp3) is 0.167. The Balaban J connectivity index is 2.28. The molecule has 1 heterocycles. The Bertz CT molecular complexity index is 744. The van der Waals surface area contributed by atoms with Crippen LogP contribution >= 0.6 is 0 Å². The lowest BCUT2D eigenvalue weighted by Gasteiger charge is -2.00. The minimum Gasteiger partial charge on any atom is -0.464 e. The van der Waals surface area contributed by atoms with E-state index in [1.807, 2.05) is 0 Å². The highest BCUT2D eigenvalue weighted by molar-refractivity contribution is 7.92. The van der Waals surface area contributed by atoms with Crippen molar-refractivity contribution in [1.82, 2.24) is 0 Å². The molecule has 0 fully saturated rings. The van der Waals surface area contributed by atoms with Crippen LogP contribution in [0.15, 0.2) is 34.9 Å². The van der Waals surface area contributed by atoms with Crippen LogP contribution in [-0.4, -0.2) is 31.6 Å². The zero-order chi connectivity index (χ0) is 14.0. The number of Topliss-reactive ketones (excluding diaryl/α,β-unsaturated/α-hetero) is 1. The topological polar surface area (TPSA) is 107 Å². The highest BCUT2D eigenvalue weighted by Crippen LogP contribution is 2.21. The average Bonchev–Trinajstić information content (AvgIpc) is 2.69. The van der Waals surface area contributed by atoms with Crippen molar-refractivity contribution in [3.05, 3.63) is 36.1 Å². The van der Waals surface area contributed by atoms with Crippen LogP contribution in [0.3, 0.4) is 0 Å². The summed E-state index contributed by atoms with van der Waals surface area (Å²) >= 11 is 0. The highest BCUT2D eigenvalue weighted by atomic mass is 32.2. The largest absolute Gasteiger partial charge is 0.464 e. The van der Waals surface area contributed by atoms with E-state index in [0.717, 1.165) is 0 Å². The van der Waals surface area contributed by atoms with Crippen molar-refractivity contribution in [3.8, 4) is 0 Å². The highest BCUT2D eigenvalue weighted by Gasteiger charge is 2.22. The van der Waals surface area contributed by atoms with Gasteiger partial charge in [-0.2, -0.15) is 0 Å². The second kappa shape index (κ2) is 4.85. The molecule has 100 valence electrons. The smallest absolute Gasteiger partial charge is 0.232 e. The fourth-order valence-electron chi connectivity index (χ4n) is 1.74. The predicted octanol–water partition coefficient (Wildman–Crippen LogP) is 0.516. The van der Waals surface area contributed by atoms with E-state index in [0.29, 0.717) is 11.0 Å². The minimum atomic E-state index is -3.84. The molecule has 0 spiro atoms. The first-order valence-corrected chi connectivity index (χ1v) is 7.19. The van der Waals surface area contributed by atoms with E-state index in [2.05, 4.69) is 0 Å². The molecule has 2 rings (SSSR count). The van der Waals surface area contributed by atoms with Gasteiger partial charge in [0.25, 0.3) is 0 Å². The van der Waals surface area contributed by atoms with E-state index in [1.165, 1.54) is 6.26 Å². The second-order valence-electron chi connectivity index (χ2n) is 4.07. The molecule has 2 aromatic rings. The Labute approximate surface area is 109 Å². The zero-order valence-corrected chi connectivity index (χ0v) is 10.6. The van der Waals surface area contributed by atoms with Crippen molar-refractivity contribution in [1.29, 1.82) is 0 Å². The quantitative estimate of drug-likeness (QED) is 0.804. The Morgan fingerprint density at radius 3 is 2.53 bits per heavy atom. The first-order chi connectivity index (χ1) is 8.89. The minimum absolute atomic E-state index is 0.184. The van der Waals surface area contributed by atoms with E-state index in [9.17, 15) is 18.0 Å². The number of hydrogen-bond donors (Lipinski definition) is 1. The Morgan fingerprint density at radius 2 is 1.84 bits per heavy atom. The van der Waals surface area contributed by atoms with Gasteiger partial charge in [0.05, 0.1) is 5.56 Å². The van der Waals surface area contributed by atoms with Crippen LogP contribution in [0.25, 0.3) is 11.0 Å². The zero-order valence-electron chi connectivity index (χ0n) is 9.83. The van der Waals surface area contributed by atoms with E-state index in [-0.39, 0.29) is 5.56 Å². The number of fused-ring (bicyclic) bond motifs is 1. The Hall–Kier alpha value is -2.15. The number of ketones is 1. The maximum atomic E-state index is 11.9. The maximum absolute atomic E-state index is 11.9. The molecule has 19 heavy (non-hydrogen) atoms. The van der Waals surface area contributed by atoms with Crippen molar-refractivity contribution in [2.75, 3.05) is 11.5 Å². The lowest BCUT2D eigenvalue weighted by Crippen LogP contribution is -2.27. The number of rotatable bonds is 5.